The molecule has 0 aliphatic rings. The SMILES string of the molecule is O=C(COc1ccccc1[N+](=O)[O-])N/N=C/c1ccc(F)cc1. The fourth-order valence-corrected chi connectivity index (χ4v) is 1.63. The maximum absolute atomic E-state index is 12.7. The van der Waals surface area contributed by atoms with Crippen molar-refractivity contribution in [1.82, 2.24) is 5.43 Å². The van der Waals surface area contributed by atoms with Gasteiger partial charge in [0.1, 0.15) is 5.82 Å². The molecule has 0 aromatic heterocycles. The first-order valence-corrected chi connectivity index (χ1v) is 6.50. The number of nitro groups is 1. The molecule has 0 saturated heterocycles. The lowest BCUT2D eigenvalue weighted by atomic mass is 10.2. The predicted molar refractivity (Wildman–Crippen MR) is 80.7 cm³/mol. The molecular formula is C15H12FN3O4. The van der Waals surface area contributed by atoms with Gasteiger partial charge in [-0.25, -0.2) is 9.82 Å². The largest absolute Gasteiger partial charge is 0.477 e. The van der Waals surface area contributed by atoms with E-state index in [0.29, 0.717) is 5.56 Å². The average Bonchev–Trinajstić information content (AvgIpc) is 2.55. The predicted octanol–water partition coefficient (Wildman–Crippen LogP) is 2.26. The van der Waals surface area contributed by atoms with Crippen molar-refractivity contribution in [3.05, 3.63) is 70.0 Å². The van der Waals surface area contributed by atoms with Gasteiger partial charge in [0.25, 0.3) is 5.91 Å². The van der Waals surface area contributed by atoms with Crippen LogP contribution >= 0.6 is 0 Å². The topological polar surface area (TPSA) is 93.8 Å². The number of nitro benzene ring substituents is 1. The van der Waals surface area contributed by atoms with Crippen LogP contribution in [0.1, 0.15) is 5.56 Å². The monoisotopic (exact) mass is 317 g/mol. The minimum absolute atomic E-state index is 0.00448. The van der Waals surface area contributed by atoms with Crippen LogP contribution in [-0.4, -0.2) is 23.7 Å². The molecule has 2 rings (SSSR count). The minimum Gasteiger partial charge on any atom is -0.477 e. The molecule has 0 spiro atoms. The number of hydrogen-bond acceptors (Lipinski definition) is 5. The number of nitrogens with zero attached hydrogens (tertiary/aromatic N) is 2. The molecule has 0 radical (unpaired) electrons. The highest BCUT2D eigenvalue weighted by Gasteiger charge is 2.14. The molecule has 118 valence electrons. The number of carbonyl (C=O) groups excluding carboxylic acids is 1. The summed E-state index contributed by atoms with van der Waals surface area (Å²) >= 11 is 0. The molecule has 0 bridgehead atoms. The zero-order valence-electron chi connectivity index (χ0n) is 11.8. The summed E-state index contributed by atoms with van der Waals surface area (Å²) in [6.45, 7) is -0.425. The smallest absolute Gasteiger partial charge is 0.310 e. The molecule has 1 N–H and O–H groups in total. The van der Waals surface area contributed by atoms with Gasteiger partial charge in [-0.15, -0.1) is 0 Å². The molecular weight excluding hydrogens is 305 g/mol. The summed E-state index contributed by atoms with van der Waals surface area (Å²) in [7, 11) is 0. The zero-order valence-corrected chi connectivity index (χ0v) is 11.8. The number of halogens is 1. The van der Waals surface area contributed by atoms with E-state index in [9.17, 15) is 19.3 Å². The second kappa shape index (κ2) is 7.64. The molecule has 0 saturated carbocycles. The quantitative estimate of drug-likeness (QED) is 0.502. The first kappa shape index (κ1) is 16.1. The Balaban J connectivity index is 1.86. The lowest BCUT2D eigenvalue weighted by Gasteiger charge is -2.05. The molecule has 0 heterocycles. The lowest BCUT2D eigenvalue weighted by molar-refractivity contribution is -0.385. The Labute approximate surface area is 130 Å². The van der Waals surface area contributed by atoms with Crippen LogP contribution in [0.5, 0.6) is 5.75 Å². The molecule has 2 aromatic rings. The number of para-hydroxylation sites is 2. The van der Waals surface area contributed by atoms with Gasteiger partial charge in [0.05, 0.1) is 11.1 Å². The zero-order chi connectivity index (χ0) is 16.7. The fourth-order valence-electron chi connectivity index (χ4n) is 1.63. The molecule has 0 unspecified atom stereocenters. The van der Waals surface area contributed by atoms with Gasteiger partial charge in [-0.2, -0.15) is 5.10 Å². The van der Waals surface area contributed by atoms with E-state index in [4.69, 9.17) is 4.74 Å². The Morgan fingerprint density at radius 2 is 1.96 bits per heavy atom. The number of hydrazone groups is 1. The summed E-state index contributed by atoms with van der Waals surface area (Å²) in [5.41, 5.74) is 2.58. The normalized spacial score (nSPS) is 10.5. The van der Waals surface area contributed by atoms with Gasteiger partial charge in [0.2, 0.25) is 0 Å². The van der Waals surface area contributed by atoms with Gasteiger partial charge in [-0.1, -0.05) is 24.3 Å². The molecule has 0 atom stereocenters. The van der Waals surface area contributed by atoms with Crippen molar-refractivity contribution in [3.8, 4) is 5.75 Å². The number of hydrogen-bond donors (Lipinski definition) is 1. The van der Waals surface area contributed by atoms with Crippen molar-refractivity contribution >= 4 is 17.8 Å². The van der Waals surface area contributed by atoms with Gasteiger partial charge >= 0.3 is 5.69 Å². The molecule has 0 aliphatic heterocycles. The third-order valence-corrected chi connectivity index (χ3v) is 2.69. The highest BCUT2D eigenvalue weighted by atomic mass is 19.1. The summed E-state index contributed by atoms with van der Waals surface area (Å²) in [5, 5.41) is 14.5. The number of benzene rings is 2. The minimum atomic E-state index is -0.597. The van der Waals surface area contributed by atoms with Crippen molar-refractivity contribution in [2.24, 2.45) is 5.10 Å². The van der Waals surface area contributed by atoms with Gasteiger partial charge in [0.15, 0.2) is 12.4 Å². The van der Waals surface area contributed by atoms with E-state index in [1.54, 1.807) is 6.07 Å². The van der Waals surface area contributed by atoms with Crippen molar-refractivity contribution in [2.45, 2.75) is 0 Å². The summed E-state index contributed by atoms with van der Waals surface area (Å²) in [6, 6.07) is 11.3. The summed E-state index contributed by atoms with van der Waals surface area (Å²) < 4.78 is 17.8. The highest BCUT2D eigenvalue weighted by molar-refractivity contribution is 5.82. The molecule has 23 heavy (non-hydrogen) atoms. The van der Waals surface area contributed by atoms with Crippen molar-refractivity contribution in [2.75, 3.05) is 6.61 Å². The van der Waals surface area contributed by atoms with Crippen LogP contribution < -0.4 is 10.2 Å². The number of amides is 1. The Kier molecular flexibility index (Phi) is 5.35. The second-order valence-corrected chi connectivity index (χ2v) is 4.36. The molecule has 0 aliphatic carbocycles. The van der Waals surface area contributed by atoms with Crippen molar-refractivity contribution in [1.29, 1.82) is 0 Å². The first-order chi connectivity index (χ1) is 11.1. The standard InChI is InChI=1S/C15H12FN3O4/c16-12-7-5-11(6-8-12)9-17-18-15(20)10-23-14-4-2-1-3-13(14)19(21)22/h1-9H,10H2,(H,18,20)/b17-9+. The van der Waals surface area contributed by atoms with Gasteiger partial charge in [-0.3, -0.25) is 14.9 Å². The lowest BCUT2D eigenvalue weighted by Crippen LogP contribution is -2.24. The maximum atomic E-state index is 12.7. The van der Waals surface area contributed by atoms with Crippen LogP contribution in [0.15, 0.2) is 53.6 Å². The summed E-state index contributed by atoms with van der Waals surface area (Å²) in [6.07, 6.45) is 1.34. The van der Waals surface area contributed by atoms with E-state index in [1.807, 2.05) is 0 Å². The van der Waals surface area contributed by atoms with E-state index >= 15 is 0 Å². The number of ether oxygens (including phenoxy) is 1. The maximum Gasteiger partial charge on any atom is 0.310 e. The van der Waals surface area contributed by atoms with Crippen LogP contribution in [0.25, 0.3) is 0 Å². The van der Waals surface area contributed by atoms with Gasteiger partial charge in [0, 0.05) is 6.07 Å². The molecule has 0 fully saturated rings. The summed E-state index contributed by atoms with van der Waals surface area (Å²) in [4.78, 5) is 21.8. The molecule has 8 heteroatoms. The van der Waals surface area contributed by atoms with Crippen LogP contribution in [0, 0.1) is 15.9 Å². The third-order valence-electron chi connectivity index (χ3n) is 2.69. The fraction of sp³-hybridized carbons (Fsp3) is 0.0667. The van der Waals surface area contributed by atoms with Gasteiger partial charge in [-0.05, 0) is 23.8 Å². The van der Waals surface area contributed by atoms with E-state index < -0.39 is 17.4 Å². The Morgan fingerprint density at radius 3 is 2.65 bits per heavy atom. The van der Waals surface area contributed by atoms with Crippen LogP contribution in [-0.2, 0) is 4.79 Å². The van der Waals surface area contributed by atoms with E-state index in [-0.39, 0.29) is 17.3 Å². The van der Waals surface area contributed by atoms with E-state index in [0.717, 1.165) is 0 Å². The third kappa shape index (κ3) is 4.88. The van der Waals surface area contributed by atoms with Crippen LogP contribution in [0.3, 0.4) is 0 Å². The van der Waals surface area contributed by atoms with E-state index in [1.165, 1.54) is 48.7 Å². The Morgan fingerprint density at radius 1 is 1.26 bits per heavy atom. The Hall–Kier alpha value is -3.29. The highest BCUT2D eigenvalue weighted by Crippen LogP contribution is 2.25. The average molecular weight is 317 g/mol. The number of rotatable bonds is 6. The summed E-state index contributed by atoms with van der Waals surface area (Å²) in [5.74, 6) is -0.958. The number of carbonyl (C=O) groups is 1. The van der Waals surface area contributed by atoms with Crippen LogP contribution in [0.2, 0.25) is 0 Å². The number of nitrogens with one attached hydrogen (secondary N) is 1. The van der Waals surface area contributed by atoms with Crippen molar-refractivity contribution < 1.29 is 18.8 Å². The first-order valence-electron chi connectivity index (χ1n) is 6.50. The van der Waals surface area contributed by atoms with Crippen LogP contribution in [0.4, 0.5) is 10.1 Å². The van der Waals surface area contributed by atoms with Crippen molar-refractivity contribution in [3.63, 3.8) is 0 Å². The molecule has 2 aromatic carbocycles. The van der Waals surface area contributed by atoms with Gasteiger partial charge < -0.3 is 4.74 Å². The molecule has 7 nitrogen and oxygen atoms in total. The molecule has 1 amide bonds. The second-order valence-electron chi connectivity index (χ2n) is 4.36. The Bertz CT molecular complexity index is 732. The van der Waals surface area contributed by atoms with E-state index in [2.05, 4.69) is 10.5 Å².